The van der Waals surface area contributed by atoms with Crippen molar-refractivity contribution in [3.05, 3.63) is 0 Å². The molecule has 1 rings (SSSR count). The fourth-order valence-corrected chi connectivity index (χ4v) is 3.70. The third-order valence-corrected chi connectivity index (χ3v) is 5.55. The Kier molecular flexibility index (Phi) is 9.49. The van der Waals surface area contributed by atoms with Crippen LogP contribution < -0.4 is 10.6 Å². The van der Waals surface area contributed by atoms with E-state index in [0.29, 0.717) is 13.0 Å². The van der Waals surface area contributed by atoms with Crippen LogP contribution in [0.25, 0.3) is 0 Å². The maximum atomic E-state index is 11.8. The average molecular weight is 341 g/mol. The molecule has 0 unspecified atom stereocenters. The number of carbonyl (C=O) groups is 1. The lowest BCUT2D eigenvalue weighted by molar-refractivity contribution is -0.119. The van der Waals surface area contributed by atoms with Crippen LogP contribution in [0.5, 0.6) is 0 Å². The van der Waals surface area contributed by atoms with E-state index in [-0.39, 0.29) is 35.2 Å². The minimum atomic E-state index is -3.25. The fraction of sp³-hybridized carbons (Fsp3) is 0.929. The first kappa shape index (κ1) is 20.7. The van der Waals surface area contributed by atoms with E-state index in [1.54, 1.807) is 0 Å². The molecule has 0 saturated carbocycles. The van der Waals surface area contributed by atoms with E-state index in [1.165, 1.54) is 0 Å². The highest BCUT2D eigenvalue weighted by atomic mass is 35.5. The summed E-state index contributed by atoms with van der Waals surface area (Å²) >= 11 is 0. The molecule has 1 aliphatic rings. The summed E-state index contributed by atoms with van der Waals surface area (Å²) < 4.78 is 23.6. The van der Waals surface area contributed by atoms with Gasteiger partial charge in [-0.25, -0.2) is 8.42 Å². The minimum absolute atomic E-state index is 0. The molecule has 1 aliphatic heterocycles. The van der Waals surface area contributed by atoms with Gasteiger partial charge in [0.05, 0.1) is 5.75 Å². The Balaban J connectivity index is 0.00000400. The molecule has 0 atom stereocenters. The van der Waals surface area contributed by atoms with Gasteiger partial charge in [0.2, 0.25) is 5.91 Å². The Labute approximate surface area is 135 Å². The number of sulfone groups is 1. The minimum Gasteiger partial charge on any atom is -0.355 e. The Morgan fingerprint density at radius 3 is 2.43 bits per heavy atom. The van der Waals surface area contributed by atoms with Crippen molar-refractivity contribution in [1.82, 2.24) is 10.6 Å². The number of unbranched alkanes of at least 4 members (excludes halogenated alkanes) is 2. The van der Waals surface area contributed by atoms with Gasteiger partial charge < -0.3 is 10.6 Å². The third kappa shape index (κ3) is 8.63. The van der Waals surface area contributed by atoms with Crippen molar-refractivity contribution in [2.45, 2.75) is 46.0 Å². The summed E-state index contributed by atoms with van der Waals surface area (Å²) in [5.74, 6) is -0.609. The molecule has 1 saturated heterocycles. The predicted molar refractivity (Wildman–Crippen MR) is 88.6 cm³/mol. The van der Waals surface area contributed by atoms with E-state index in [2.05, 4.69) is 17.6 Å². The maximum absolute atomic E-state index is 11.8. The molecule has 0 spiro atoms. The van der Waals surface area contributed by atoms with Gasteiger partial charge in [-0.2, -0.15) is 0 Å². The van der Waals surface area contributed by atoms with Crippen LogP contribution in [0.2, 0.25) is 0 Å². The van der Waals surface area contributed by atoms with Crippen molar-refractivity contribution in [2.24, 2.45) is 5.41 Å². The zero-order chi connectivity index (χ0) is 15.1. The molecule has 1 heterocycles. The normalized spacial score (nSPS) is 17.8. The topological polar surface area (TPSA) is 75.3 Å². The zero-order valence-corrected chi connectivity index (χ0v) is 14.7. The molecule has 0 radical (unpaired) electrons. The number of carbonyl (C=O) groups excluding carboxylic acids is 1. The maximum Gasteiger partial charge on any atom is 0.235 e. The molecule has 2 N–H and O–H groups in total. The van der Waals surface area contributed by atoms with Gasteiger partial charge in [0.15, 0.2) is 9.84 Å². The monoisotopic (exact) mass is 340 g/mol. The molecule has 0 bridgehead atoms. The highest BCUT2D eigenvalue weighted by Gasteiger charge is 2.27. The highest BCUT2D eigenvalue weighted by Crippen LogP contribution is 2.26. The van der Waals surface area contributed by atoms with Gasteiger partial charge in [0.1, 0.15) is 5.75 Å². The molecule has 5 nitrogen and oxygen atoms in total. The van der Waals surface area contributed by atoms with Gasteiger partial charge in [-0.15, -0.1) is 12.4 Å². The lowest BCUT2D eigenvalue weighted by atomic mass is 9.81. The summed E-state index contributed by atoms with van der Waals surface area (Å²) in [6, 6.07) is 0. The zero-order valence-electron chi connectivity index (χ0n) is 13.1. The van der Waals surface area contributed by atoms with Gasteiger partial charge in [-0.05, 0) is 37.8 Å². The van der Waals surface area contributed by atoms with Gasteiger partial charge in [-0.1, -0.05) is 26.7 Å². The SMILES string of the molecule is CCCCCS(=O)(=O)CC(=O)NCC1(C)CCNCC1.Cl. The first-order valence-corrected chi connectivity index (χ1v) is 9.37. The first-order valence-electron chi connectivity index (χ1n) is 7.55. The average Bonchev–Trinajstić information content (AvgIpc) is 2.37. The standard InChI is InChI=1S/C14H28N2O3S.ClH/c1-3-4-5-10-20(18,19)11-13(17)16-12-14(2)6-8-15-9-7-14;/h15H,3-12H2,1-2H3,(H,16,17);1H. The van der Waals surface area contributed by atoms with E-state index >= 15 is 0 Å². The number of nitrogens with one attached hydrogen (secondary N) is 2. The molecule has 0 aromatic rings. The second-order valence-electron chi connectivity index (χ2n) is 6.14. The van der Waals surface area contributed by atoms with Crippen LogP contribution in [-0.2, 0) is 14.6 Å². The predicted octanol–water partition coefficient (Wildman–Crippen LogP) is 1.52. The second kappa shape index (κ2) is 9.64. The van der Waals surface area contributed by atoms with Crippen molar-refractivity contribution in [3.8, 4) is 0 Å². The number of halogens is 1. The number of rotatable bonds is 8. The molecule has 126 valence electrons. The summed E-state index contributed by atoms with van der Waals surface area (Å²) in [6.07, 6.45) is 4.54. The fourth-order valence-electron chi connectivity index (χ4n) is 2.41. The van der Waals surface area contributed by atoms with Crippen molar-refractivity contribution < 1.29 is 13.2 Å². The molecule has 7 heteroatoms. The van der Waals surface area contributed by atoms with Gasteiger partial charge in [0.25, 0.3) is 0 Å². The van der Waals surface area contributed by atoms with Gasteiger partial charge in [0, 0.05) is 6.54 Å². The van der Waals surface area contributed by atoms with Crippen LogP contribution in [-0.4, -0.2) is 45.5 Å². The van der Waals surface area contributed by atoms with E-state index < -0.39 is 9.84 Å². The Morgan fingerprint density at radius 1 is 1.24 bits per heavy atom. The molecule has 21 heavy (non-hydrogen) atoms. The van der Waals surface area contributed by atoms with Crippen LogP contribution in [0, 0.1) is 5.41 Å². The largest absolute Gasteiger partial charge is 0.355 e. The van der Waals surface area contributed by atoms with E-state index in [0.717, 1.165) is 38.8 Å². The highest BCUT2D eigenvalue weighted by molar-refractivity contribution is 7.92. The van der Waals surface area contributed by atoms with Crippen molar-refractivity contribution in [3.63, 3.8) is 0 Å². The Morgan fingerprint density at radius 2 is 1.86 bits per heavy atom. The second-order valence-corrected chi connectivity index (χ2v) is 8.32. The van der Waals surface area contributed by atoms with Gasteiger partial charge in [-0.3, -0.25) is 4.79 Å². The number of piperidine rings is 1. The summed E-state index contributed by atoms with van der Waals surface area (Å²) in [6.45, 7) is 6.66. The van der Waals surface area contributed by atoms with Crippen LogP contribution in [0.3, 0.4) is 0 Å². The first-order chi connectivity index (χ1) is 9.37. The molecule has 1 fully saturated rings. The summed E-state index contributed by atoms with van der Waals surface area (Å²) in [4.78, 5) is 11.8. The van der Waals surface area contributed by atoms with Crippen LogP contribution in [0.15, 0.2) is 0 Å². The van der Waals surface area contributed by atoms with Gasteiger partial charge >= 0.3 is 0 Å². The van der Waals surface area contributed by atoms with E-state index in [1.807, 2.05) is 6.92 Å². The Bertz CT molecular complexity index is 406. The van der Waals surface area contributed by atoms with E-state index in [9.17, 15) is 13.2 Å². The van der Waals surface area contributed by atoms with Crippen molar-refractivity contribution in [1.29, 1.82) is 0 Å². The van der Waals surface area contributed by atoms with Crippen LogP contribution in [0.1, 0.15) is 46.0 Å². The molecular formula is C14H29ClN2O3S. The van der Waals surface area contributed by atoms with Crippen molar-refractivity contribution >= 4 is 28.2 Å². The lowest BCUT2D eigenvalue weighted by Gasteiger charge is -2.34. The van der Waals surface area contributed by atoms with E-state index in [4.69, 9.17) is 0 Å². The number of amides is 1. The number of hydrogen-bond donors (Lipinski definition) is 2. The number of hydrogen-bond acceptors (Lipinski definition) is 4. The molecule has 0 aliphatic carbocycles. The summed E-state index contributed by atoms with van der Waals surface area (Å²) in [5.41, 5.74) is 0.0902. The lowest BCUT2D eigenvalue weighted by Crippen LogP contribution is -2.44. The smallest absolute Gasteiger partial charge is 0.235 e. The van der Waals surface area contributed by atoms with Crippen LogP contribution >= 0.6 is 12.4 Å². The van der Waals surface area contributed by atoms with Crippen LogP contribution in [0.4, 0.5) is 0 Å². The molecule has 1 amide bonds. The Hall–Kier alpha value is -0.330. The quantitative estimate of drug-likeness (QED) is 0.657. The van der Waals surface area contributed by atoms with Crippen molar-refractivity contribution in [2.75, 3.05) is 31.1 Å². The third-order valence-electron chi connectivity index (χ3n) is 3.93. The summed E-state index contributed by atoms with van der Waals surface area (Å²) in [5, 5.41) is 6.08. The molecular weight excluding hydrogens is 312 g/mol. The molecule has 0 aromatic carbocycles. The molecule has 0 aromatic heterocycles. The summed E-state index contributed by atoms with van der Waals surface area (Å²) in [7, 11) is -3.25.